The molecule has 6 nitrogen and oxygen atoms in total. The third-order valence-corrected chi connectivity index (χ3v) is 3.06. The van der Waals surface area contributed by atoms with Crippen molar-refractivity contribution < 1.29 is 24.2 Å². The number of aliphatic carboxylic acids is 1. The van der Waals surface area contributed by atoms with Crippen LogP contribution < -0.4 is 14.8 Å². The average Bonchev–Trinajstić information content (AvgIpc) is 2.59. The quantitative estimate of drug-likeness (QED) is 0.764. The zero-order valence-corrected chi connectivity index (χ0v) is 13.1. The van der Waals surface area contributed by atoms with E-state index in [4.69, 9.17) is 14.6 Å². The number of carbonyl (C=O) groups is 2. The molecule has 2 aromatic rings. The molecule has 0 aliphatic carbocycles. The van der Waals surface area contributed by atoms with Gasteiger partial charge in [0.25, 0.3) is 5.91 Å². The molecule has 2 N–H and O–H groups in total. The SMILES string of the molecule is COc1ccccc1NC(=O)COc1ccccc1/C=C/C(=O)O. The number of carboxylic acid groups (broad SMARTS) is 1. The molecule has 24 heavy (non-hydrogen) atoms. The summed E-state index contributed by atoms with van der Waals surface area (Å²) in [5.74, 6) is -0.434. The van der Waals surface area contributed by atoms with Gasteiger partial charge >= 0.3 is 5.97 Å². The Morgan fingerprint density at radius 3 is 2.46 bits per heavy atom. The first-order valence-electron chi connectivity index (χ1n) is 7.16. The molecule has 0 aromatic heterocycles. The normalized spacial score (nSPS) is 10.4. The van der Waals surface area contributed by atoms with Gasteiger partial charge in [0.1, 0.15) is 11.5 Å². The Morgan fingerprint density at radius 1 is 1.08 bits per heavy atom. The maximum Gasteiger partial charge on any atom is 0.328 e. The van der Waals surface area contributed by atoms with Crippen LogP contribution in [0.15, 0.2) is 54.6 Å². The molecule has 0 bridgehead atoms. The van der Waals surface area contributed by atoms with Gasteiger partial charge in [0.2, 0.25) is 0 Å². The van der Waals surface area contributed by atoms with E-state index in [9.17, 15) is 9.59 Å². The molecule has 0 aliphatic heterocycles. The Bertz CT molecular complexity index is 755. The molecule has 0 radical (unpaired) electrons. The predicted molar refractivity (Wildman–Crippen MR) is 90.2 cm³/mol. The van der Waals surface area contributed by atoms with Crippen molar-refractivity contribution in [2.24, 2.45) is 0 Å². The maximum absolute atomic E-state index is 12.0. The summed E-state index contributed by atoms with van der Waals surface area (Å²) in [4.78, 5) is 22.6. The van der Waals surface area contributed by atoms with Gasteiger partial charge in [-0.15, -0.1) is 0 Å². The zero-order chi connectivity index (χ0) is 17.4. The standard InChI is InChI=1S/C18H17NO5/c1-23-16-9-5-3-7-14(16)19-17(20)12-24-15-8-4-2-6-13(15)10-11-18(21)22/h2-11H,12H2,1H3,(H,19,20)(H,21,22)/b11-10+. The second-order valence-corrected chi connectivity index (χ2v) is 4.75. The summed E-state index contributed by atoms with van der Waals surface area (Å²) in [6.45, 7) is -0.212. The largest absolute Gasteiger partial charge is 0.495 e. The number of anilines is 1. The van der Waals surface area contributed by atoms with E-state index in [2.05, 4.69) is 5.32 Å². The second-order valence-electron chi connectivity index (χ2n) is 4.75. The number of hydrogen-bond donors (Lipinski definition) is 2. The van der Waals surface area contributed by atoms with Crippen LogP contribution in [0.5, 0.6) is 11.5 Å². The molecule has 0 spiro atoms. The van der Waals surface area contributed by atoms with Crippen molar-refractivity contribution >= 4 is 23.6 Å². The van der Waals surface area contributed by atoms with Gasteiger partial charge < -0.3 is 19.9 Å². The minimum absolute atomic E-state index is 0.212. The van der Waals surface area contributed by atoms with E-state index >= 15 is 0 Å². The molecule has 0 saturated carbocycles. The van der Waals surface area contributed by atoms with E-state index in [1.54, 1.807) is 48.5 Å². The first kappa shape index (κ1) is 17.1. The van der Waals surface area contributed by atoms with Gasteiger partial charge in [0, 0.05) is 11.6 Å². The van der Waals surface area contributed by atoms with Crippen LogP contribution in [-0.4, -0.2) is 30.7 Å². The van der Waals surface area contributed by atoms with Gasteiger partial charge in [-0.3, -0.25) is 4.79 Å². The number of carboxylic acids is 1. The molecule has 0 aliphatic rings. The molecule has 0 fully saturated rings. The molecule has 6 heteroatoms. The Morgan fingerprint density at radius 2 is 1.75 bits per heavy atom. The fourth-order valence-electron chi connectivity index (χ4n) is 1.99. The van der Waals surface area contributed by atoms with Crippen LogP contribution in [0.4, 0.5) is 5.69 Å². The Labute approximate surface area is 139 Å². The number of para-hydroxylation sites is 3. The number of methoxy groups -OCH3 is 1. The zero-order valence-electron chi connectivity index (χ0n) is 13.1. The number of carbonyl (C=O) groups excluding carboxylic acids is 1. The van der Waals surface area contributed by atoms with E-state index < -0.39 is 5.97 Å². The smallest absolute Gasteiger partial charge is 0.328 e. The van der Waals surface area contributed by atoms with Crippen LogP contribution in [0.25, 0.3) is 6.08 Å². The average molecular weight is 327 g/mol. The lowest BCUT2D eigenvalue weighted by Crippen LogP contribution is -2.20. The van der Waals surface area contributed by atoms with Crippen LogP contribution in [0.2, 0.25) is 0 Å². The summed E-state index contributed by atoms with van der Waals surface area (Å²) in [7, 11) is 1.52. The summed E-state index contributed by atoms with van der Waals surface area (Å²) < 4.78 is 10.6. The van der Waals surface area contributed by atoms with Crippen molar-refractivity contribution in [1.29, 1.82) is 0 Å². The van der Waals surface area contributed by atoms with Crippen LogP contribution in [0.1, 0.15) is 5.56 Å². The summed E-state index contributed by atoms with van der Waals surface area (Å²) in [6.07, 6.45) is 2.42. The number of amides is 1. The van der Waals surface area contributed by atoms with Gasteiger partial charge in [-0.2, -0.15) is 0 Å². The minimum Gasteiger partial charge on any atom is -0.495 e. The number of nitrogens with one attached hydrogen (secondary N) is 1. The number of ether oxygens (including phenoxy) is 2. The van der Waals surface area contributed by atoms with Gasteiger partial charge in [-0.05, 0) is 24.3 Å². The molecular weight excluding hydrogens is 310 g/mol. The highest BCUT2D eigenvalue weighted by Gasteiger charge is 2.09. The Hall–Kier alpha value is -3.28. The Kier molecular flexibility index (Phi) is 5.96. The number of benzene rings is 2. The number of rotatable bonds is 7. The van der Waals surface area contributed by atoms with Gasteiger partial charge in [-0.25, -0.2) is 4.79 Å². The second kappa shape index (κ2) is 8.38. The molecule has 2 rings (SSSR count). The monoisotopic (exact) mass is 327 g/mol. The fraction of sp³-hybridized carbons (Fsp3) is 0.111. The highest BCUT2D eigenvalue weighted by molar-refractivity contribution is 5.93. The first-order valence-corrected chi connectivity index (χ1v) is 7.16. The highest BCUT2D eigenvalue weighted by atomic mass is 16.5. The van der Waals surface area contributed by atoms with Gasteiger partial charge in [0.15, 0.2) is 6.61 Å². The van der Waals surface area contributed by atoms with Crippen LogP contribution in [-0.2, 0) is 9.59 Å². The van der Waals surface area contributed by atoms with E-state index in [0.29, 0.717) is 22.7 Å². The molecule has 124 valence electrons. The van der Waals surface area contributed by atoms with Crippen molar-refractivity contribution in [2.45, 2.75) is 0 Å². The fourth-order valence-corrected chi connectivity index (χ4v) is 1.99. The van der Waals surface area contributed by atoms with Crippen molar-refractivity contribution in [3.05, 3.63) is 60.2 Å². The van der Waals surface area contributed by atoms with E-state index in [-0.39, 0.29) is 12.5 Å². The topological polar surface area (TPSA) is 84.9 Å². The van der Waals surface area contributed by atoms with Gasteiger partial charge in [0.05, 0.1) is 12.8 Å². The molecule has 0 saturated heterocycles. The van der Waals surface area contributed by atoms with Crippen molar-refractivity contribution in [3.63, 3.8) is 0 Å². The molecule has 1 amide bonds. The van der Waals surface area contributed by atoms with Crippen LogP contribution >= 0.6 is 0 Å². The maximum atomic E-state index is 12.0. The lowest BCUT2D eigenvalue weighted by atomic mass is 10.2. The third kappa shape index (κ3) is 4.88. The van der Waals surface area contributed by atoms with Crippen molar-refractivity contribution in [1.82, 2.24) is 0 Å². The molecule has 2 aromatic carbocycles. The van der Waals surface area contributed by atoms with E-state index in [1.165, 1.54) is 13.2 Å². The highest BCUT2D eigenvalue weighted by Crippen LogP contribution is 2.23. The van der Waals surface area contributed by atoms with Crippen molar-refractivity contribution in [3.8, 4) is 11.5 Å². The van der Waals surface area contributed by atoms with E-state index in [1.807, 2.05) is 0 Å². The molecule has 0 atom stereocenters. The predicted octanol–water partition coefficient (Wildman–Crippen LogP) is 2.81. The summed E-state index contributed by atoms with van der Waals surface area (Å²) in [6, 6.07) is 13.9. The molecular formula is C18H17NO5. The minimum atomic E-state index is -1.06. The molecule has 0 unspecified atom stereocenters. The van der Waals surface area contributed by atoms with Crippen molar-refractivity contribution in [2.75, 3.05) is 19.0 Å². The Balaban J connectivity index is 2.01. The van der Waals surface area contributed by atoms with E-state index in [0.717, 1.165) is 6.08 Å². The van der Waals surface area contributed by atoms with Gasteiger partial charge in [-0.1, -0.05) is 30.3 Å². The summed E-state index contributed by atoms with van der Waals surface area (Å²) in [5.41, 5.74) is 1.12. The molecule has 0 heterocycles. The summed E-state index contributed by atoms with van der Waals surface area (Å²) >= 11 is 0. The lowest BCUT2D eigenvalue weighted by molar-refractivity contribution is -0.131. The third-order valence-electron chi connectivity index (χ3n) is 3.06. The van der Waals surface area contributed by atoms with Crippen LogP contribution in [0, 0.1) is 0 Å². The lowest BCUT2D eigenvalue weighted by Gasteiger charge is -2.11. The van der Waals surface area contributed by atoms with Crippen LogP contribution in [0.3, 0.4) is 0 Å². The number of hydrogen-bond acceptors (Lipinski definition) is 4. The first-order chi connectivity index (χ1) is 11.6. The summed E-state index contributed by atoms with van der Waals surface area (Å²) in [5, 5.41) is 11.4.